The van der Waals surface area contributed by atoms with Crippen molar-refractivity contribution in [2.75, 3.05) is 10.6 Å². The Morgan fingerprint density at radius 3 is 2.23 bits per heavy atom. The molecule has 0 bridgehead atoms. The molecule has 2 aromatic carbocycles. The first-order valence-corrected chi connectivity index (χ1v) is 7.79. The van der Waals surface area contributed by atoms with Gasteiger partial charge in [0.05, 0.1) is 5.02 Å². The van der Waals surface area contributed by atoms with Gasteiger partial charge in [-0.1, -0.05) is 31.5 Å². The molecule has 0 aliphatic carbocycles. The lowest BCUT2D eigenvalue weighted by molar-refractivity contribution is 0.628. The Balaban J connectivity index is 2.05. The molecule has 0 fully saturated rings. The molecule has 5 heteroatoms. The summed E-state index contributed by atoms with van der Waals surface area (Å²) in [5, 5.41) is 6.59. The van der Waals surface area contributed by atoms with Crippen LogP contribution in [0.5, 0.6) is 0 Å². The Morgan fingerprint density at radius 1 is 1.09 bits per heavy atom. The van der Waals surface area contributed by atoms with Crippen LogP contribution in [-0.4, -0.2) is 5.11 Å². The van der Waals surface area contributed by atoms with E-state index in [9.17, 15) is 4.39 Å². The molecule has 2 aromatic rings. The number of anilines is 2. The van der Waals surface area contributed by atoms with Gasteiger partial charge in [0.25, 0.3) is 0 Å². The quantitative estimate of drug-likeness (QED) is 0.701. The Hall–Kier alpha value is -1.65. The number of benzene rings is 2. The van der Waals surface area contributed by atoms with E-state index < -0.39 is 5.82 Å². The van der Waals surface area contributed by atoms with Crippen molar-refractivity contribution in [1.82, 2.24) is 0 Å². The number of rotatable bonds is 3. The van der Waals surface area contributed by atoms with E-state index in [0.29, 0.717) is 16.7 Å². The first-order chi connectivity index (χ1) is 10.4. The molecule has 0 heterocycles. The zero-order valence-electron chi connectivity index (χ0n) is 12.7. The topological polar surface area (TPSA) is 24.1 Å². The summed E-state index contributed by atoms with van der Waals surface area (Å²) in [6, 6.07) is 10.5. The third kappa shape index (κ3) is 4.18. The van der Waals surface area contributed by atoms with E-state index in [0.717, 1.165) is 5.69 Å². The molecule has 0 unspecified atom stereocenters. The third-order valence-corrected chi connectivity index (χ3v) is 3.82. The van der Waals surface area contributed by atoms with Gasteiger partial charge >= 0.3 is 0 Å². The SMILES string of the molecule is Cc1cc(NC(=S)Nc2ccc(F)c(Cl)c2)ccc1C(C)C. The van der Waals surface area contributed by atoms with Gasteiger partial charge in [-0.2, -0.15) is 0 Å². The summed E-state index contributed by atoms with van der Waals surface area (Å²) in [5.41, 5.74) is 4.08. The number of thiocarbonyl (C=S) groups is 1. The predicted octanol–water partition coefficient (Wildman–Crippen LogP) is 5.72. The Bertz CT molecular complexity index is 701. The molecule has 2 rings (SSSR count). The van der Waals surface area contributed by atoms with Crippen LogP contribution < -0.4 is 10.6 Å². The maximum atomic E-state index is 13.1. The molecule has 0 amide bonds. The molecular weight excluding hydrogens is 319 g/mol. The largest absolute Gasteiger partial charge is 0.332 e. The Morgan fingerprint density at radius 2 is 1.68 bits per heavy atom. The van der Waals surface area contributed by atoms with Crippen molar-refractivity contribution < 1.29 is 4.39 Å². The lowest BCUT2D eigenvalue weighted by Crippen LogP contribution is -2.19. The van der Waals surface area contributed by atoms with Crippen LogP contribution in [0.15, 0.2) is 36.4 Å². The number of hydrogen-bond acceptors (Lipinski definition) is 1. The van der Waals surface area contributed by atoms with Crippen molar-refractivity contribution in [3.8, 4) is 0 Å². The van der Waals surface area contributed by atoms with E-state index >= 15 is 0 Å². The monoisotopic (exact) mass is 336 g/mol. The average Bonchev–Trinajstić information content (AvgIpc) is 2.42. The second kappa shape index (κ2) is 7.07. The molecule has 0 aliphatic rings. The lowest BCUT2D eigenvalue weighted by atomic mass is 9.98. The molecule has 0 saturated heterocycles. The number of nitrogens with one attached hydrogen (secondary N) is 2. The van der Waals surface area contributed by atoms with Crippen LogP contribution in [0.3, 0.4) is 0 Å². The van der Waals surface area contributed by atoms with E-state index in [2.05, 4.69) is 43.5 Å². The van der Waals surface area contributed by atoms with E-state index in [1.165, 1.54) is 23.3 Å². The number of aryl methyl sites for hydroxylation is 1. The molecule has 0 aromatic heterocycles. The zero-order chi connectivity index (χ0) is 16.3. The minimum atomic E-state index is -0.453. The fourth-order valence-corrected chi connectivity index (χ4v) is 2.68. The van der Waals surface area contributed by atoms with Crippen molar-refractivity contribution in [3.05, 3.63) is 58.4 Å². The van der Waals surface area contributed by atoms with Crippen LogP contribution in [-0.2, 0) is 0 Å². The fourth-order valence-electron chi connectivity index (χ4n) is 2.27. The van der Waals surface area contributed by atoms with Crippen molar-refractivity contribution in [3.63, 3.8) is 0 Å². The maximum absolute atomic E-state index is 13.1. The molecule has 0 spiro atoms. The average molecular weight is 337 g/mol. The molecule has 0 aliphatic heterocycles. The van der Waals surface area contributed by atoms with Crippen LogP contribution in [0, 0.1) is 12.7 Å². The van der Waals surface area contributed by atoms with Crippen molar-refractivity contribution in [2.45, 2.75) is 26.7 Å². The minimum Gasteiger partial charge on any atom is -0.332 e. The smallest absolute Gasteiger partial charge is 0.175 e. The predicted molar refractivity (Wildman–Crippen MR) is 96.5 cm³/mol. The van der Waals surface area contributed by atoms with E-state index in [1.807, 2.05) is 6.07 Å². The van der Waals surface area contributed by atoms with Crippen LogP contribution in [0.2, 0.25) is 5.02 Å². The summed E-state index contributed by atoms with van der Waals surface area (Å²) in [4.78, 5) is 0. The maximum Gasteiger partial charge on any atom is 0.175 e. The van der Waals surface area contributed by atoms with Crippen LogP contribution in [0.25, 0.3) is 0 Å². The third-order valence-electron chi connectivity index (χ3n) is 3.33. The molecule has 22 heavy (non-hydrogen) atoms. The van der Waals surface area contributed by atoms with Crippen LogP contribution in [0.4, 0.5) is 15.8 Å². The van der Waals surface area contributed by atoms with Crippen LogP contribution >= 0.6 is 23.8 Å². The first kappa shape index (κ1) is 16.7. The Kier molecular flexibility index (Phi) is 5.37. The van der Waals surface area contributed by atoms with Gasteiger partial charge in [0.2, 0.25) is 0 Å². The highest BCUT2D eigenvalue weighted by Crippen LogP contribution is 2.23. The summed E-state index contributed by atoms with van der Waals surface area (Å²) >= 11 is 11.0. The minimum absolute atomic E-state index is 0.0601. The lowest BCUT2D eigenvalue weighted by Gasteiger charge is -2.14. The molecular formula is C17H18ClFN2S. The van der Waals surface area contributed by atoms with Gasteiger partial charge in [-0.25, -0.2) is 4.39 Å². The molecule has 0 atom stereocenters. The second-order valence-electron chi connectivity index (χ2n) is 5.43. The van der Waals surface area contributed by atoms with Gasteiger partial charge in [0.15, 0.2) is 5.11 Å². The summed E-state index contributed by atoms with van der Waals surface area (Å²) in [5.74, 6) is 0.0338. The molecule has 0 radical (unpaired) electrons. The first-order valence-electron chi connectivity index (χ1n) is 7.00. The van der Waals surface area contributed by atoms with Crippen LogP contribution in [0.1, 0.15) is 30.9 Å². The van der Waals surface area contributed by atoms with Crippen molar-refractivity contribution >= 4 is 40.3 Å². The summed E-state index contributed by atoms with van der Waals surface area (Å²) in [7, 11) is 0. The number of halogens is 2. The van der Waals surface area contributed by atoms with E-state index in [-0.39, 0.29) is 5.02 Å². The van der Waals surface area contributed by atoms with Gasteiger partial charge in [-0.05, 0) is 66.5 Å². The van der Waals surface area contributed by atoms with Crippen molar-refractivity contribution in [2.24, 2.45) is 0 Å². The summed E-state index contributed by atoms with van der Waals surface area (Å²) < 4.78 is 13.1. The normalized spacial score (nSPS) is 10.6. The highest BCUT2D eigenvalue weighted by atomic mass is 35.5. The van der Waals surface area contributed by atoms with Gasteiger partial charge in [0, 0.05) is 11.4 Å². The second-order valence-corrected chi connectivity index (χ2v) is 6.25. The summed E-state index contributed by atoms with van der Waals surface area (Å²) in [6.07, 6.45) is 0. The highest BCUT2D eigenvalue weighted by molar-refractivity contribution is 7.80. The van der Waals surface area contributed by atoms with Gasteiger partial charge in [-0.15, -0.1) is 0 Å². The standard InChI is InChI=1S/C17H18ClFN2S/c1-10(2)14-6-4-12(8-11(14)3)20-17(22)21-13-5-7-16(19)15(18)9-13/h4-10H,1-3H3,(H2,20,21,22). The van der Waals surface area contributed by atoms with E-state index in [4.69, 9.17) is 23.8 Å². The molecule has 2 N–H and O–H groups in total. The van der Waals surface area contributed by atoms with Gasteiger partial charge in [0.1, 0.15) is 5.82 Å². The molecule has 116 valence electrons. The molecule has 2 nitrogen and oxygen atoms in total. The van der Waals surface area contributed by atoms with Gasteiger partial charge in [-0.3, -0.25) is 0 Å². The summed E-state index contributed by atoms with van der Waals surface area (Å²) in [6.45, 7) is 6.41. The van der Waals surface area contributed by atoms with Gasteiger partial charge < -0.3 is 10.6 Å². The number of hydrogen-bond donors (Lipinski definition) is 2. The Labute approximate surface area is 140 Å². The molecule has 0 saturated carbocycles. The highest BCUT2D eigenvalue weighted by Gasteiger charge is 2.06. The fraction of sp³-hybridized carbons (Fsp3) is 0.235. The zero-order valence-corrected chi connectivity index (χ0v) is 14.3. The van der Waals surface area contributed by atoms with E-state index in [1.54, 1.807) is 6.07 Å². The van der Waals surface area contributed by atoms with Crippen molar-refractivity contribution in [1.29, 1.82) is 0 Å².